The molecule has 5 heteroatoms. The van der Waals surface area contributed by atoms with Crippen LogP contribution >= 0.6 is 0 Å². The Bertz CT molecular complexity index is 572. The highest BCUT2D eigenvalue weighted by Crippen LogP contribution is 2.24. The maximum Gasteiger partial charge on any atom is 0.247 e. The van der Waals surface area contributed by atoms with E-state index in [9.17, 15) is 18.0 Å². The Balaban J connectivity index is 2.61. The molecule has 0 saturated heterocycles. The lowest BCUT2D eigenvalue weighted by molar-refractivity contribution is 0.449. The quantitative estimate of drug-likeness (QED) is 0.743. The minimum atomic E-state index is -1.52. The maximum atomic E-state index is 13.3. The van der Waals surface area contributed by atoms with E-state index in [0.29, 0.717) is 0 Å². The van der Waals surface area contributed by atoms with Gasteiger partial charge in [0.2, 0.25) is 5.56 Å². The largest absolute Gasteiger partial charge is 0.328 e. The number of aromatic amines is 1. The number of nitrogens with one attached hydrogen (secondary N) is 1. The fraction of sp³-hybridized carbons (Fsp3) is 0. The van der Waals surface area contributed by atoms with Crippen LogP contribution in [0.5, 0.6) is 0 Å². The average molecular weight is 225 g/mol. The molecule has 0 saturated carbocycles. The third-order valence-corrected chi connectivity index (χ3v) is 2.13. The zero-order chi connectivity index (χ0) is 11.7. The standard InChI is InChI=1S/C11H6F3NO/c12-8-3-2-7(10(13)11(8)14)6-1-4-9(16)15-5-6/h1-5H,(H,15,16). The van der Waals surface area contributed by atoms with Gasteiger partial charge in [-0.3, -0.25) is 4.79 Å². The summed E-state index contributed by atoms with van der Waals surface area (Å²) in [7, 11) is 0. The summed E-state index contributed by atoms with van der Waals surface area (Å²) in [6.07, 6.45) is 1.23. The lowest BCUT2D eigenvalue weighted by Crippen LogP contribution is -2.02. The Hall–Kier alpha value is -2.04. The van der Waals surface area contributed by atoms with E-state index in [1.165, 1.54) is 18.3 Å². The number of hydrogen-bond donors (Lipinski definition) is 1. The SMILES string of the molecule is O=c1ccc(-c2ccc(F)c(F)c2F)c[nH]1. The minimum absolute atomic E-state index is 0.102. The van der Waals surface area contributed by atoms with Crippen LogP contribution < -0.4 is 5.56 Å². The molecule has 16 heavy (non-hydrogen) atoms. The van der Waals surface area contributed by atoms with Gasteiger partial charge in [-0.25, -0.2) is 13.2 Å². The van der Waals surface area contributed by atoms with E-state index in [-0.39, 0.29) is 16.7 Å². The topological polar surface area (TPSA) is 32.9 Å². The molecule has 0 fully saturated rings. The normalized spacial score (nSPS) is 10.4. The number of benzene rings is 1. The average Bonchev–Trinajstić information content (AvgIpc) is 2.28. The van der Waals surface area contributed by atoms with Crippen molar-refractivity contribution in [3.05, 3.63) is 58.3 Å². The van der Waals surface area contributed by atoms with Crippen molar-refractivity contribution in [2.24, 2.45) is 0 Å². The van der Waals surface area contributed by atoms with Gasteiger partial charge in [0.15, 0.2) is 17.5 Å². The monoisotopic (exact) mass is 225 g/mol. The van der Waals surface area contributed by atoms with E-state index in [1.807, 2.05) is 0 Å². The van der Waals surface area contributed by atoms with E-state index >= 15 is 0 Å². The molecule has 1 N–H and O–H groups in total. The molecule has 0 aliphatic carbocycles. The van der Waals surface area contributed by atoms with Crippen molar-refractivity contribution < 1.29 is 13.2 Å². The summed E-state index contributed by atoms with van der Waals surface area (Å²) in [4.78, 5) is 13.1. The van der Waals surface area contributed by atoms with E-state index in [2.05, 4.69) is 4.98 Å². The van der Waals surface area contributed by atoms with Gasteiger partial charge in [0.1, 0.15) is 0 Å². The summed E-state index contributed by atoms with van der Waals surface area (Å²) >= 11 is 0. The maximum absolute atomic E-state index is 13.3. The number of pyridine rings is 1. The van der Waals surface area contributed by atoms with Crippen LogP contribution in [0, 0.1) is 17.5 Å². The molecular weight excluding hydrogens is 219 g/mol. The van der Waals surface area contributed by atoms with Gasteiger partial charge < -0.3 is 4.98 Å². The first kappa shape index (κ1) is 10.5. The highest BCUT2D eigenvalue weighted by molar-refractivity contribution is 5.63. The molecule has 0 unspecified atom stereocenters. The van der Waals surface area contributed by atoms with Crippen molar-refractivity contribution >= 4 is 0 Å². The van der Waals surface area contributed by atoms with Crippen LogP contribution in [0.2, 0.25) is 0 Å². The summed E-state index contributed by atoms with van der Waals surface area (Å²) in [6.45, 7) is 0. The van der Waals surface area contributed by atoms with Gasteiger partial charge >= 0.3 is 0 Å². The summed E-state index contributed by atoms with van der Waals surface area (Å²) < 4.78 is 38.9. The molecule has 82 valence electrons. The molecule has 0 radical (unpaired) electrons. The molecule has 0 aliphatic rings. The first-order valence-corrected chi connectivity index (χ1v) is 4.42. The Labute approximate surface area is 88.4 Å². The number of H-pyrrole nitrogens is 1. The van der Waals surface area contributed by atoms with Crippen LogP contribution in [0.3, 0.4) is 0 Å². The van der Waals surface area contributed by atoms with Crippen LogP contribution in [0.25, 0.3) is 11.1 Å². The Morgan fingerprint density at radius 1 is 0.938 bits per heavy atom. The highest BCUT2D eigenvalue weighted by Gasteiger charge is 2.14. The molecule has 0 amide bonds. The van der Waals surface area contributed by atoms with Crippen molar-refractivity contribution in [1.82, 2.24) is 4.98 Å². The molecule has 0 atom stereocenters. The van der Waals surface area contributed by atoms with Crippen LogP contribution in [0.1, 0.15) is 0 Å². The van der Waals surface area contributed by atoms with Gasteiger partial charge in [0.05, 0.1) is 0 Å². The number of hydrogen-bond acceptors (Lipinski definition) is 1. The molecule has 1 aromatic carbocycles. The highest BCUT2D eigenvalue weighted by atomic mass is 19.2. The second kappa shape index (κ2) is 3.84. The van der Waals surface area contributed by atoms with Crippen molar-refractivity contribution in [3.63, 3.8) is 0 Å². The lowest BCUT2D eigenvalue weighted by atomic mass is 10.1. The zero-order valence-electron chi connectivity index (χ0n) is 7.93. The Morgan fingerprint density at radius 2 is 1.69 bits per heavy atom. The number of aromatic nitrogens is 1. The van der Waals surface area contributed by atoms with Gasteiger partial charge in [0, 0.05) is 23.4 Å². The van der Waals surface area contributed by atoms with Crippen LogP contribution in [0.4, 0.5) is 13.2 Å². The summed E-state index contributed by atoms with van der Waals surface area (Å²) in [5, 5.41) is 0. The number of rotatable bonds is 1. The molecule has 2 nitrogen and oxygen atoms in total. The summed E-state index contributed by atoms with van der Waals surface area (Å²) in [5.74, 6) is -4.04. The second-order valence-corrected chi connectivity index (χ2v) is 3.16. The Kier molecular flexibility index (Phi) is 2.52. The summed E-state index contributed by atoms with van der Waals surface area (Å²) in [5.41, 5.74) is -0.183. The van der Waals surface area contributed by atoms with Crippen molar-refractivity contribution in [2.45, 2.75) is 0 Å². The fourth-order valence-corrected chi connectivity index (χ4v) is 1.33. The van der Waals surface area contributed by atoms with Crippen molar-refractivity contribution in [2.75, 3.05) is 0 Å². The Morgan fingerprint density at radius 3 is 2.31 bits per heavy atom. The summed E-state index contributed by atoms with van der Waals surface area (Å²) in [6, 6.07) is 4.45. The zero-order valence-corrected chi connectivity index (χ0v) is 7.93. The van der Waals surface area contributed by atoms with Crippen molar-refractivity contribution in [3.8, 4) is 11.1 Å². The van der Waals surface area contributed by atoms with E-state index in [0.717, 1.165) is 12.1 Å². The van der Waals surface area contributed by atoms with Gasteiger partial charge in [-0.1, -0.05) is 0 Å². The van der Waals surface area contributed by atoms with Crippen LogP contribution in [-0.4, -0.2) is 4.98 Å². The molecule has 1 aromatic heterocycles. The smallest absolute Gasteiger partial charge is 0.247 e. The van der Waals surface area contributed by atoms with E-state index in [1.54, 1.807) is 0 Å². The van der Waals surface area contributed by atoms with Crippen LogP contribution in [0.15, 0.2) is 35.3 Å². The lowest BCUT2D eigenvalue weighted by Gasteiger charge is -2.03. The predicted octanol–water partition coefficient (Wildman–Crippen LogP) is 2.46. The van der Waals surface area contributed by atoms with E-state index < -0.39 is 17.5 Å². The van der Waals surface area contributed by atoms with Gasteiger partial charge in [-0.2, -0.15) is 0 Å². The number of halogens is 3. The van der Waals surface area contributed by atoms with Crippen LogP contribution in [-0.2, 0) is 0 Å². The molecule has 1 heterocycles. The molecule has 2 rings (SSSR count). The fourth-order valence-electron chi connectivity index (χ4n) is 1.33. The van der Waals surface area contributed by atoms with Gasteiger partial charge in [0.25, 0.3) is 0 Å². The second-order valence-electron chi connectivity index (χ2n) is 3.16. The first-order chi connectivity index (χ1) is 7.59. The third-order valence-electron chi connectivity index (χ3n) is 2.13. The third kappa shape index (κ3) is 1.71. The molecule has 0 spiro atoms. The van der Waals surface area contributed by atoms with Crippen molar-refractivity contribution in [1.29, 1.82) is 0 Å². The first-order valence-electron chi connectivity index (χ1n) is 4.42. The minimum Gasteiger partial charge on any atom is -0.328 e. The van der Waals surface area contributed by atoms with Gasteiger partial charge in [-0.15, -0.1) is 0 Å². The van der Waals surface area contributed by atoms with Gasteiger partial charge in [-0.05, 0) is 18.2 Å². The molecular formula is C11H6F3NO. The molecule has 2 aromatic rings. The molecule has 0 aliphatic heterocycles. The van der Waals surface area contributed by atoms with E-state index in [4.69, 9.17) is 0 Å². The molecule has 0 bridgehead atoms. The predicted molar refractivity (Wildman–Crippen MR) is 52.4 cm³/mol.